The van der Waals surface area contributed by atoms with Crippen LogP contribution in [0, 0.1) is 6.92 Å². The van der Waals surface area contributed by atoms with E-state index in [2.05, 4.69) is 15.0 Å². The third-order valence-corrected chi connectivity index (χ3v) is 5.03. The highest BCUT2D eigenvalue weighted by Gasteiger charge is 2.23. The van der Waals surface area contributed by atoms with Gasteiger partial charge in [-0.1, -0.05) is 24.6 Å². The fourth-order valence-corrected chi connectivity index (χ4v) is 3.38. The van der Waals surface area contributed by atoms with E-state index in [0.29, 0.717) is 23.4 Å². The summed E-state index contributed by atoms with van der Waals surface area (Å²) < 4.78 is 28.7. The molecule has 23 heavy (non-hydrogen) atoms. The van der Waals surface area contributed by atoms with Crippen LogP contribution < -0.4 is 10.0 Å². The smallest absolute Gasteiger partial charge is 0.282 e. The third-order valence-electron chi connectivity index (χ3n) is 3.18. The Morgan fingerprint density at radius 3 is 2.65 bits per heavy atom. The lowest BCUT2D eigenvalue weighted by atomic mass is 10.2. The van der Waals surface area contributed by atoms with Crippen LogP contribution in [0.15, 0.2) is 29.6 Å². The number of benzene rings is 1. The van der Waals surface area contributed by atoms with Gasteiger partial charge in [0.15, 0.2) is 0 Å². The van der Waals surface area contributed by atoms with Crippen molar-refractivity contribution in [3.63, 3.8) is 0 Å². The number of hydrogen-bond acceptors (Lipinski definition) is 4. The average molecular weight is 357 g/mol. The molecule has 0 spiro atoms. The molecule has 9 heteroatoms. The number of amides is 1. The normalized spacial score (nSPS) is 11.3. The molecule has 1 amide bonds. The number of rotatable bonds is 5. The Hall–Kier alpha value is -2.06. The highest BCUT2D eigenvalue weighted by molar-refractivity contribution is 7.92. The van der Waals surface area contributed by atoms with E-state index in [1.54, 1.807) is 39.1 Å². The molecule has 0 aliphatic rings. The Morgan fingerprint density at radius 2 is 2.09 bits per heavy atom. The van der Waals surface area contributed by atoms with Crippen molar-refractivity contribution < 1.29 is 13.2 Å². The zero-order valence-electron chi connectivity index (χ0n) is 12.9. The first-order valence-electron chi connectivity index (χ1n) is 6.84. The molecule has 0 unspecified atom stereocenters. The largest absolute Gasteiger partial charge is 0.326 e. The molecule has 0 aliphatic heterocycles. The molecule has 2 rings (SSSR count). The van der Waals surface area contributed by atoms with Crippen molar-refractivity contribution in [2.75, 3.05) is 10.0 Å². The number of aryl methyl sites for hydroxylation is 2. The molecule has 7 nitrogen and oxygen atoms in total. The molecular weight excluding hydrogens is 340 g/mol. The second-order valence-electron chi connectivity index (χ2n) is 4.99. The fraction of sp³-hybridized carbons (Fsp3) is 0.286. The second kappa shape index (κ2) is 6.59. The Labute approximate surface area is 139 Å². The zero-order chi connectivity index (χ0) is 17.2. The van der Waals surface area contributed by atoms with Gasteiger partial charge in [0.1, 0.15) is 5.15 Å². The Morgan fingerprint density at radius 1 is 1.39 bits per heavy atom. The van der Waals surface area contributed by atoms with E-state index in [0.717, 1.165) is 0 Å². The van der Waals surface area contributed by atoms with Crippen LogP contribution >= 0.6 is 11.6 Å². The van der Waals surface area contributed by atoms with E-state index in [-0.39, 0.29) is 16.1 Å². The lowest BCUT2D eigenvalue weighted by Crippen LogP contribution is -2.15. The van der Waals surface area contributed by atoms with E-state index >= 15 is 0 Å². The van der Waals surface area contributed by atoms with Gasteiger partial charge in [0, 0.05) is 19.2 Å². The van der Waals surface area contributed by atoms with Crippen LogP contribution in [0.1, 0.15) is 18.9 Å². The van der Waals surface area contributed by atoms with Crippen LogP contribution in [0.4, 0.5) is 11.4 Å². The van der Waals surface area contributed by atoms with E-state index in [9.17, 15) is 13.2 Å². The van der Waals surface area contributed by atoms with Gasteiger partial charge >= 0.3 is 0 Å². The molecule has 124 valence electrons. The minimum absolute atomic E-state index is 0.0191. The summed E-state index contributed by atoms with van der Waals surface area (Å²) >= 11 is 5.94. The van der Waals surface area contributed by atoms with Crippen LogP contribution in [-0.4, -0.2) is 23.9 Å². The number of carbonyl (C=O) groups excluding carboxylic acids is 1. The molecule has 0 saturated heterocycles. The molecule has 1 aromatic heterocycles. The Bertz CT molecular complexity index is 846. The first kappa shape index (κ1) is 17.3. The lowest BCUT2D eigenvalue weighted by Gasteiger charge is -2.12. The summed E-state index contributed by atoms with van der Waals surface area (Å²) in [5.41, 5.74) is 1.56. The van der Waals surface area contributed by atoms with Crippen molar-refractivity contribution in [2.45, 2.75) is 25.3 Å². The summed E-state index contributed by atoms with van der Waals surface area (Å²) in [7, 11) is -2.33. The topological polar surface area (TPSA) is 93.1 Å². The van der Waals surface area contributed by atoms with E-state index in [1.807, 2.05) is 0 Å². The molecule has 0 radical (unpaired) electrons. The number of nitrogens with zero attached hydrogens (tertiary/aromatic N) is 2. The van der Waals surface area contributed by atoms with Gasteiger partial charge in [-0.05, 0) is 24.6 Å². The number of nitrogens with one attached hydrogen (secondary N) is 2. The monoisotopic (exact) mass is 356 g/mol. The number of aromatic nitrogens is 2. The van der Waals surface area contributed by atoms with Gasteiger partial charge < -0.3 is 9.88 Å². The van der Waals surface area contributed by atoms with Crippen LogP contribution in [0.25, 0.3) is 0 Å². The average Bonchev–Trinajstić information content (AvgIpc) is 2.83. The summed E-state index contributed by atoms with van der Waals surface area (Å²) in [6, 6.07) is 4.97. The minimum atomic E-state index is -3.92. The predicted molar refractivity (Wildman–Crippen MR) is 89.1 cm³/mol. The Kier molecular flexibility index (Phi) is 4.96. The summed E-state index contributed by atoms with van der Waals surface area (Å²) in [5, 5.41) is 2.45. The SMILES string of the molecule is CCC(=O)Nc1ccc(C)c(NS(=O)(=O)c2ncn(C)c2Cl)c1. The minimum Gasteiger partial charge on any atom is -0.326 e. The molecule has 2 N–H and O–H groups in total. The van der Waals surface area contributed by atoms with Crippen molar-refractivity contribution in [3.8, 4) is 0 Å². The van der Waals surface area contributed by atoms with Gasteiger partial charge in [-0.25, -0.2) is 4.98 Å². The Balaban J connectivity index is 2.33. The fourth-order valence-electron chi connectivity index (χ4n) is 1.83. The molecule has 0 saturated carbocycles. The molecule has 1 heterocycles. The maximum Gasteiger partial charge on any atom is 0.282 e. The van der Waals surface area contributed by atoms with Gasteiger partial charge in [-0.3, -0.25) is 9.52 Å². The summed E-state index contributed by atoms with van der Waals surface area (Å²) in [4.78, 5) is 15.3. The summed E-state index contributed by atoms with van der Waals surface area (Å²) in [5.74, 6) is -0.157. The predicted octanol–water partition coefficient (Wildman–Crippen LogP) is 2.53. The maximum atomic E-state index is 12.4. The standard InChI is InChI=1S/C14H17ClN4O3S/c1-4-12(20)17-10-6-5-9(2)11(7-10)18-23(21,22)14-13(15)19(3)8-16-14/h5-8,18H,4H2,1-3H3,(H,17,20). The highest BCUT2D eigenvalue weighted by Crippen LogP contribution is 2.25. The number of imidazole rings is 1. The van der Waals surface area contributed by atoms with Crippen molar-refractivity contribution >= 4 is 38.9 Å². The molecular formula is C14H17ClN4O3S. The number of sulfonamides is 1. The van der Waals surface area contributed by atoms with Crippen molar-refractivity contribution in [3.05, 3.63) is 35.2 Å². The first-order valence-corrected chi connectivity index (χ1v) is 8.71. The van der Waals surface area contributed by atoms with E-state index < -0.39 is 10.0 Å². The van der Waals surface area contributed by atoms with Crippen LogP contribution in [0.5, 0.6) is 0 Å². The molecule has 1 aromatic carbocycles. The molecule has 0 atom stereocenters. The molecule has 0 aliphatic carbocycles. The van der Waals surface area contributed by atoms with Crippen molar-refractivity contribution in [2.24, 2.45) is 7.05 Å². The number of anilines is 2. The van der Waals surface area contributed by atoms with Gasteiger partial charge in [-0.15, -0.1) is 0 Å². The third kappa shape index (κ3) is 3.83. The van der Waals surface area contributed by atoms with Gasteiger partial charge in [0.05, 0.1) is 12.0 Å². The van der Waals surface area contributed by atoms with Crippen LogP contribution in [0.3, 0.4) is 0 Å². The molecule has 2 aromatic rings. The van der Waals surface area contributed by atoms with Crippen molar-refractivity contribution in [1.82, 2.24) is 9.55 Å². The second-order valence-corrected chi connectivity index (χ2v) is 6.94. The molecule has 0 bridgehead atoms. The summed E-state index contributed by atoms with van der Waals surface area (Å²) in [6.45, 7) is 3.49. The van der Waals surface area contributed by atoms with Crippen LogP contribution in [-0.2, 0) is 21.9 Å². The van der Waals surface area contributed by atoms with E-state index in [4.69, 9.17) is 11.6 Å². The first-order chi connectivity index (χ1) is 10.7. The van der Waals surface area contributed by atoms with Gasteiger partial charge in [0.2, 0.25) is 10.9 Å². The zero-order valence-corrected chi connectivity index (χ0v) is 14.5. The molecule has 0 fully saturated rings. The highest BCUT2D eigenvalue weighted by atomic mass is 35.5. The van der Waals surface area contributed by atoms with Gasteiger partial charge in [0.25, 0.3) is 10.0 Å². The number of hydrogen-bond donors (Lipinski definition) is 2. The number of halogens is 1. The lowest BCUT2D eigenvalue weighted by molar-refractivity contribution is -0.115. The van der Waals surface area contributed by atoms with Crippen molar-refractivity contribution in [1.29, 1.82) is 0 Å². The quantitative estimate of drug-likeness (QED) is 0.860. The number of carbonyl (C=O) groups is 1. The summed E-state index contributed by atoms with van der Waals surface area (Å²) in [6.07, 6.45) is 1.65. The maximum absolute atomic E-state index is 12.4. The van der Waals surface area contributed by atoms with Gasteiger partial charge in [-0.2, -0.15) is 8.42 Å². The van der Waals surface area contributed by atoms with Crippen LogP contribution in [0.2, 0.25) is 5.15 Å². The van der Waals surface area contributed by atoms with E-state index in [1.165, 1.54) is 10.9 Å².